The van der Waals surface area contributed by atoms with Gasteiger partial charge in [0.05, 0.1) is 0 Å². The summed E-state index contributed by atoms with van der Waals surface area (Å²) in [7, 11) is -4.43. The molecule has 1 radical (unpaired) electrons. The van der Waals surface area contributed by atoms with Crippen LogP contribution in [0.3, 0.4) is 0 Å². The van der Waals surface area contributed by atoms with E-state index in [-0.39, 0.29) is 42.8 Å². The average Bonchev–Trinajstić information content (AvgIpc) is 1.93. The van der Waals surface area contributed by atoms with Gasteiger partial charge in [0, 0.05) is 38.7 Å². The summed E-state index contributed by atoms with van der Waals surface area (Å²) < 4.78 is 33.8. The zero-order chi connectivity index (χ0) is 6.69. The minimum Gasteiger partial charge on any atom is -0.114 e. The van der Waals surface area contributed by atoms with Gasteiger partial charge in [-0.2, -0.15) is 0 Å². The first-order valence-electron chi connectivity index (χ1n) is 2.17. The molecule has 0 N–H and O–H groups in total. The summed E-state index contributed by atoms with van der Waals surface area (Å²) in [6, 6.07) is 0. The second kappa shape index (κ2) is 5.70. The summed E-state index contributed by atoms with van der Waals surface area (Å²) in [6.07, 6.45) is 0. The molecule has 1 aliphatic heterocycles. The molecule has 8 heteroatoms. The maximum Gasteiger partial charge on any atom is 0.747 e. The molecule has 0 aromatic heterocycles. The predicted octanol–water partition coefficient (Wildman–Crippen LogP) is 0.984. The molecule has 1 rings (SSSR count). The molecule has 1 aliphatic rings. The Balaban J connectivity index is 0.000000810. The zero-order valence-corrected chi connectivity index (χ0v) is 9.14. The third-order valence-electron chi connectivity index (χ3n) is 0.610. The van der Waals surface area contributed by atoms with Crippen LogP contribution in [0.4, 0.5) is 0 Å². The predicted molar refractivity (Wildman–Crippen MR) is 34.0 cm³/mol. The maximum atomic E-state index is 10.3. The van der Waals surface area contributed by atoms with E-state index in [1.165, 1.54) is 0 Å². The standard InChI is InChI=1S/C2H4O5P2.Na/c3-8-5-1-2-6-9(4)7-8;/h1-2H2;/q+2;. The Kier molecular flexibility index (Phi) is 6.31. The molecule has 1 heterocycles. The van der Waals surface area contributed by atoms with Gasteiger partial charge in [-0.1, -0.05) is 0 Å². The van der Waals surface area contributed by atoms with E-state index in [1.54, 1.807) is 0 Å². The van der Waals surface area contributed by atoms with Crippen molar-refractivity contribution in [2.75, 3.05) is 13.2 Å². The number of hydrogen-bond acceptors (Lipinski definition) is 5. The summed E-state index contributed by atoms with van der Waals surface area (Å²) in [5.41, 5.74) is 0. The van der Waals surface area contributed by atoms with E-state index in [9.17, 15) is 9.13 Å². The zero-order valence-electron chi connectivity index (χ0n) is 5.35. The molecule has 2 atom stereocenters. The van der Waals surface area contributed by atoms with Gasteiger partial charge >= 0.3 is 16.5 Å². The van der Waals surface area contributed by atoms with Gasteiger partial charge in [-0.25, -0.2) is 0 Å². The molecule has 10 heavy (non-hydrogen) atoms. The van der Waals surface area contributed by atoms with Crippen molar-refractivity contribution in [1.82, 2.24) is 0 Å². The van der Waals surface area contributed by atoms with Gasteiger partial charge in [-0.15, -0.1) is 9.05 Å². The Morgan fingerprint density at radius 3 is 1.80 bits per heavy atom. The molecule has 5 nitrogen and oxygen atoms in total. The minimum atomic E-state index is -2.22. The van der Waals surface area contributed by atoms with Gasteiger partial charge in [0.1, 0.15) is 13.2 Å². The van der Waals surface area contributed by atoms with Crippen LogP contribution in [-0.2, 0) is 22.5 Å². The summed E-state index contributed by atoms with van der Waals surface area (Å²) >= 11 is 0. The second-order valence-corrected chi connectivity index (χ2v) is 3.26. The molecule has 0 aromatic carbocycles. The summed E-state index contributed by atoms with van der Waals surface area (Å²) in [5, 5.41) is 0. The Bertz CT molecular complexity index is 133. The van der Waals surface area contributed by atoms with Crippen LogP contribution in [0.2, 0.25) is 0 Å². The van der Waals surface area contributed by atoms with Gasteiger partial charge in [0.2, 0.25) is 0 Å². The Morgan fingerprint density at radius 1 is 1.00 bits per heavy atom. The number of hydrogen-bond donors (Lipinski definition) is 0. The van der Waals surface area contributed by atoms with E-state index in [0.29, 0.717) is 0 Å². The van der Waals surface area contributed by atoms with Crippen LogP contribution in [0.15, 0.2) is 0 Å². The first kappa shape index (κ1) is 11.1. The molecule has 0 saturated carbocycles. The van der Waals surface area contributed by atoms with Crippen molar-refractivity contribution in [3.05, 3.63) is 0 Å². The van der Waals surface area contributed by atoms with Crippen LogP contribution in [0.25, 0.3) is 0 Å². The molecule has 1 saturated heterocycles. The smallest absolute Gasteiger partial charge is 0.114 e. The van der Waals surface area contributed by atoms with Crippen LogP contribution >= 0.6 is 16.5 Å². The van der Waals surface area contributed by atoms with Gasteiger partial charge in [0.15, 0.2) is 4.31 Å². The van der Waals surface area contributed by atoms with Gasteiger partial charge in [0.25, 0.3) is 0 Å². The molecule has 1 fully saturated rings. The van der Waals surface area contributed by atoms with Crippen LogP contribution < -0.4 is 0 Å². The Labute approximate surface area is 81.6 Å². The van der Waals surface area contributed by atoms with E-state index < -0.39 is 16.5 Å². The molecule has 0 amide bonds. The first-order chi connectivity index (χ1) is 4.29. The third kappa shape index (κ3) is 4.06. The summed E-state index contributed by atoms with van der Waals surface area (Å²) in [5.74, 6) is 0. The monoisotopic (exact) mass is 193 g/mol. The second-order valence-electron chi connectivity index (χ2n) is 1.20. The molecule has 0 aromatic rings. The van der Waals surface area contributed by atoms with Crippen LogP contribution in [0.5, 0.6) is 0 Å². The molecule has 51 valence electrons. The third-order valence-corrected chi connectivity index (χ3v) is 2.46. The number of rotatable bonds is 0. The van der Waals surface area contributed by atoms with Crippen molar-refractivity contribution in [2.45, 2.75) is 0 Å². The molecule has 2 unspecified atom stereocenters. The Hall–Kier alpha value is 1.08. The SMILES string of the molecule is O=[P+]1OCCO[P+](=O)O1.[Na]. The van der Waals surface area contributed by atoms with Gasteiger partial charge in [-0.05, 0) is 0 Å². The van der Waals surface area contributed by atoms with Crippen LogP contribution in [0.1, 0.15) is 0 Å². The van der Waals surface area contributed by atoms with E-state index in [2.05, 4.69) is 13.4 Å². The Morgan fingerprint density at radius 2 is 1.40 bits per heavy atom. The van der Waals surface area contributed by atoms with Crippen molar-refractivity contribution in [2.24, 2.45) is 0 Å². The fraction of sp³-hybridized carbons (Fsp3) is 1.00. The normalized spacial score (nSPS) is 26.8. The largest absolute Gasteiger partial charge is 0.747 e. The summed E-state index contributed by atoms with van der Waals surface area (Å²) in [4.78, 5) is 0. The quantitative estimate of drug-likeness (QED) is 0.423. The van der Waals surface area contributed by atoms with Crippen molar-refractivity contribution in [1.29, 1.82) is 0 Å². The molecule has 0 aliphatic carbocycles. The van der Waals surface area contributed by atoms with Gasteiger partial charge in [-0.3, -0.25) is 0 Å². The van der Waals surface area contributed by atoms with Crippen molar-refractivity contribution >= 4 is 46.1 Å². The average molecular weight is 193 g/mol. The maximum absolute atomic E-state index is 10.3. The summed E-state index contributed by atoms with van der Waals surface area (Å²) in [6.45, 7) is 0.326. The van der Waals surface area contributed by atoms with Crippen LogP contribution in [0, 0.1) is 0 Å². The van der Waals surface area contributed by atoms with Crippen LogP contribution in [-0.4, -0.2) is 42.8 Å². The minimum absolute atomic E-state index is 0. The molecule has 0 spiro atoms. The van der Waals surface area contributed by atoms with Crippen molar-refractivity contribution in [3.63, 3.8) is 0 Å². The van der Waals surface area contributed by atoms with E-state index in [1.807, 2.05) is 0 Å². The first-order valence-corrected chi connectivity index (χ1v) is 4.36. The topological polar surface area (TPSA) is 61.8 Å². The van der Waals surface area contributed by atoms with E-state index in [4.69, 9.17) is 0 Å². The fourth-order valence-corrected chi connectivity index (χ4v) is 1.58. The van der Waals surface area contributed by atoms with Crippen molar-refractivity contribution < 1.29 is 22.5 Å². The molecular formula is C2H4NaO5P2+2. The molecule has 0 bridgehead atoms. The van der Waals surface area contributed by atoms with E-state index >= 15 is 0 Å². The van der Waals surface area contributed by atoms with Gasteiger partial charge < -0.3 is 0 Å². The van der Waals surface area contributed by atoms with E-state index in [0.717, 1.165) is 0 Å². The molecular weight excluding hydrogens is 189 g/mol. The fourth-order valence-electron chi connectivity index (χ4n) is 0.325. The van der Waals surface area contributed by atoms with Crippen molar-refractivity contribution in [3.8, 4) is 0 Å².